The molecule has 1 aliphatic rings. The van der Waals surface area contributed by atoms with Crippen molar-refractivity contribution in [2.75, 3.05) is 5.32 Å². The summed E-state index contributed by atoms with van der Waals surface area (Å²) in [5, 5.41) is 3.73. The molecule has 33 heavy (non-hydrogen) atoms. The van der Waals surface area contributed by atoms with Crippen LogP contribution in [0.2, 0.25) is 0 Å². The molecule has 5 heteroatoms. The number of benzene rings is 2. The highest BCUT2D eigenvalue weighted by molar-refractivity contribution is 7.99. The summed E-state index contributed by atoms with van der Waals surface area (Å²) in [7, 11) is 0. The minimum absolute atomic E-state index is 0.0236. The van der Waals surface area contributed by atoms with Gasteiger partial charge < -0.3 is 5.32 Å². The Morgan fingerprint density at radius 1 is 0.879 bits per heavy atom. The Labute approximate surface area is 200 Å². The summed E-state index contributed by atoms with van der Waals surface area (Å²) < 4.78 is 0. The average Bonchev–Trinajstić information content (AvgIpc) is 2.78. The molecule has 0 aliphatic heterocycles. The lowest BCUT2D eigenvalue weighted by molar-refractivity contribution is 0.100. The van der Waals surface area contributed by atoms with Gasteiger partial charge in [0.15, 0.2) is 5.78 Å². The van der Waals surface area contributed by atoms with Crippen LogP contribution in [-0.4, -0.2) is 16.7 Å². The van der Waals surface area contributed by atoms with Crippen LogP contribution in [0.25, 0.3) is 0 Å². The van der Waals surface area contributed by atoms with Gasteiger partial charge >= 0.3 is 0 Å². The maximum absolute atomic E-state index is 12.8. The molecule has 4 nitrogen and oxygen atoms in total. The van der Waals surface area contributed by atoms with Crippen molar-refractivity contribution < 1.29 is 9.59 Å². The molecule has 0 saturated carbocycles. The molecule has 0 atom stereocenters. The molecule has 0 spiro atoms. The number of carbonyl (C=O) groups is 2. The Kier molecular flexibility index (Phi) is 6.19. The molecule has 0 fully saturated rings. The second-order valence-electron chi connectivity index (χ2n) is 10.0. The Morgan fingerprint density at radius 3 is 2.18 bits per heavy atom. The number of rotatable bonds is 5. The summed E-state index contributed by atoms with van der Waals surface area (Å²) in [6.45, 7) is 10.8. The van der Waals surface area contributed by atoms with Crippen LogP contribution < -0.4 is 5.32 Å². The smallest absolute Gasteiger partial charge is 0.255 e. The van der Waals surface area contributed by atoms with Crippen LogP contribution in [0.3, 0.4) is 0 Å². The molecule has 4 rings (SSSR count). The lowest BCUT2D eigenvalue weighted by Crippen LogP contribution is -2.33. The van der Waals surface area contributed by atoms with Gasteiger partial charge in [-0.15, -0.1) is 0 Å². The summed E-state index contributed by atoms with van der Waals surface area (Å²) in [4.78, 5) is 30.0. The lowest BCUT2D eigenvalue weighted by Gasteiger charge is -2.42. The number of pyridine rings is 1. The molecular formula is C28H30N2O2S. The van der Waals surface area contributed by atoms with Crippen LogP contribution in [0, 0.1) is 0 Å². The number of carbonyl (C=O) groups excluding carboxylic acids is 2. The number of nitrogens with zero attached hydrogens (tertiary/aromatic N) is 1. The fourth-order valence-corrected chi connectivity index (χ4v) is 5.24. The molecule has 2 aromatic carbocycles. The SMILES string of the molecule is CC(=O)c1ccc(C(=O)Nc2cccnc2Sc2ccc3c(c2)C(C)(C)CCC3(C)C)cc1. The minimum atomic E-state index is -0.228. The topological polar surface area (TPSA) is 59.1 Å². The first-order valence-electron chi connectivity index (χ1n) is 11.3. The zero-order valence-electron chi connectivity index (χ0n) is 19.9. The number of Topliss-reactive ketones (excluding diaryl/α,β-unsaturated/α-hetero) is 1. The Balaban J connectivity index is 1.59. The first-order chi connectivity index (χ1) is 15.6. The van der Waals surface area contributed by atoms with E-state index in [2.05, 4.69) is 56.2 Å². The molecule has 1 N–H and O–H groups in total. The van der Waals surface area contributed by atoms with Crippen molar-refractivity contribution in [1.29, 1.82) is 0 Å². The average molecular weight is 459 g/mol. The molecule has 0 radical (unpaired) electrons. The minimum Gasteiger partial charge on any atom is -0.320 e. The third-order valence-corrected chi connectivity index (χ3v) is 7.62. The monoisotopic (exact) mass is 458 g/mol. The largest absolute Gasteiger partial charge is 0.320 e. The van der Waals surface area contributed by atoms with E-state index in [1.807, 2.05) is 12.1 Å². The first-order valence-corrected chi connectivity index (χ1v) is 12.1. The van der Waals surface area contributed by atoms with E-state index in [0.717, 1.165) is 16.3 Å². The van der Waals surface area contributed by atoms with Gasteiger partial charge in [-0.25, -0.2) is 4.98 Å². The second-order valence-corrected chi connectivity index (χ2v) is 11.1. The first kappa shape index (κ1) is 23.2. The van der Waals surface area contributed by atoms with Crippen molar-refractivity contribution >= 4 is 29.1 Å². The van der Waals surface area contributed by atoms with Gasteiger partial charge in [-0.2, -0.15) is 0 Å². The fraction of sp³-hybridized carbons (Fsp3) is 0.321. The molecule has 3 aromatic rings. The van der Waals surface area contributed by atoms with Gasteiger partial charge in [0, 0.05) is 22.2 Å². The number of nitrogens with one attached hydrogen (secondary N) is 1. The van der Waals surface area contributed by atoms with E-state index in [0.29, 0.717) is 16.8 Å². The predicted octanol–water partition coefficient (Wildman–Crippen LogP) is 7.04. The van der Waals surface area contributed by atoms with Crippen molar-refractivity contribution in [1.82, 2.24) is 4.98 Å². The van der Waals surface area contributed by atoms with Crippen molar-refractivity contribution in [3.8, 4) is 0 Å². The van der Waals surface area contributed by atoms with Gasteiger partial charge in [-0.3, -0.25) is 9.59 Å². The number of fused-ring (bicyclic) bond motifs is 1. The highest BCUT2D eigenvalue weighted by atomic mass is 32.2. The summed E-state index contributed by atoms with van der Waals surface area (Å²) >= 11 is 1.56. The summed E-state index contributed by atoms with van der Waals surface area (Å²) in [5.74, 6) is -0.252. The zero-order valence-corrected chi connectivity index (χ0v) is 20.7. The van der Waals surface area contributed by atoms with Gasteiger partial charge in [-0.1, -0.05) is 57.7 Å². The molecule has 0 unspecified atom stereocenters. The standard InChI is InChI=1S/C28H30N2O2S/c1-18(31)19-8-10-20(11-9-19)25(32)30-24-7-6-16-29-26(24)33-21-12-13-22-23(17-21)28(4,5)15-14-27(22,2)3/h6-13,16-17H,14-15H2,1-5H3,(H,30,32). The van der Waals surface area contributed by atoms with Crippen LogP contribution in [-0.2, 0) is 10.8 Å². The number of aromatic nitrogens is 1. The number of anilines is 1. The van der Waals surface area contributed by atoms with Gasteiger partial charge in [-0.05, 0) is 78.1 Å². The van der Waals surface area contributed by atoms with E-state index >= 15 is 0 Å². The van der Waals surface area contributed by atoms with E-state index < -0.39 is 0 Å². The molecule has 1 amide bonds. The van der Waals surface area contributed by atoms with Crippen LogP contribution >= 0.6 is 11.8 Å². The Hall–Kier alpha value is -2.92. The van der Waals surface area contributed by atoms with Crippen LogP contribution in [0.15, 0.2) is 70.7 Å². The molecule has 170 valence electrons. The van der Waals surface area contributed by atoms with Crippen molar-refractivity contribution in [2.24, 2.45) is 0 Å². The third-order valence-electron chi connectivity index (χ3n) is 6.61. The normalized spacial score (nSPS) is 16.0. The number of amides is 1. The van der Waals surface area contributed by atoms with Crippen LogP contribution in [0.4, 0.5) is 5.69 Å². The summed E-state index contributed by atoms with van der Waals surface area (Å²) in [6.07, 6.45) is 4.09. The van der Waals surface area contributed by atoms with Gasteiger partial charge in [0.25, 0.3) is 5.91 Å². The van der Waals surface area contributed by atoms with E-state index in [1.54, 1.807) is 42.2 Å². The Bertz CT molecular complexity index is 1210. The van der Waals surface area contributed by atoms with E-state index in [-0.39, 0.29) is 22.5 Å². The maximum atomic E-state index is 12.8. The molecule has 1 aromatic heterocycles. The lowest BCUT2D eigenvalue weighted by atomic mass is 9.63. The van der Waals surface area contributed by atoms with Crippen LogP contribution in [0.1, 0.15) is 79.3 Å². The van der Waals surface area contributed by atoms with Gasteiger partial charge in [0.05, 0.1) is 5.69 Å². The van der Waals surface area contributed by atoms with E-state index in [9.17, 15) is 9.59 Å². The highest BCUT2D eigenvalue weighted by Crippen LogP contribution is 2.47. The van der Waals surface area contributed by atoms with Crippen molar-refractivity contribution in [3.05, 3.63) is 83.0 Å². The van der Waals surface area contributed by atoms with Gasteiger partial charge in [0.2, 0.25) is 0 Å². The molecule has 0 saturated heterocycles. The number of ketones is 1. The summed E-state index contributed by atoms with van der Waals surface area (Å²) in [6, 6.07) is 17.1. The maximum Gasteiger partial charge on any atom is 0.255 e. The fourth-order valence-electron chi connectivity index (χ4n) is 4.36. The van der Waals surface area contributed by atoms with Crippen molar-refractivity contribution in [3.63, 3.8) is 0 Å². The molecule has 0 bridgehead atoms. The predicted molar refractivity (Wildman–Crippen MR) is 134 cm³/mol. The third kappa shape index (κ3) is 4.88. The molecule has 1 aliphatic carbocycles. The van der Waals surface area contributed by atoms with Crippen molar-refractivity contribution in [2.45, 2.75) is 68.2 Å². The van der Waals surface area contributed by atoms with Crippen LogP contribution in [0.5, 0.6) is 0 Å². The quantitative estimate of drug-likeness (QED) is 0.417. The van der Waals surface area contributed by atoms with Gasteiger partial charge in [0.1, 0.15) is 5.03 Å². The highest BCUT2D eigenvalue weighted by Gasteiger charge is 2.37. The molecular weight excluding hydrogens is 428 g/mol. The number of hydrogen-bond donors (Lipinski definition) is 1. The van der Waals surface area contributed by atoms with E-state index in [1.165, 1.54) is 24.5 Å². The summed E-state index contributed by atoms with van der Waals surface area (Å²) in [5.41, 5.74) is 4.88. The second kappa shape index (κ2) is 8.79. The molecule has 1 heterocycles. The van der Waals surface area contributed by atoms with E-state index in [4.69, 9.17) is 0 Å². The Morgan fingerprint density at radius 2 is 1.52 bits per heavy atom. The number of hydrogen-bond acceptors (Lipinski definition) is 4. The zero-order chi connectivity index (χ0) is 23.8.